The maximum atomic E-state index is 14.7. The highest BCUT2D eigenvalue weighted by molar-refractivity contribution is 5.94. The average molecular weight is 467 g/mol. The van der Waals surface area contributed by atoms with Crippen molar-refractivity contribution in [1.82, 2.24) is 10.3 Å². The molecule has 0 radical (unpaired) electrons. The summed E-state index contributed by atoms with van der Waals surface area (Å²) in [6.45, 7) is 1.86. The number of methoxy groups -OCH3 is 1. The monoisotopic (exact) mass is 467 g/mol. The summed E-state index contributed by atoms with van der Waals surface area (Å²) in [4.78, 5) is 27.2. The van der Waals surface area contributed by atoms with E-state index in [-0.39, 0.29) is 35.8 Å². The molecule has 1 amide bonds. The Morgan fingerprint density at radius 3 is 2.47 bits per heavy atom. The molecule has 3 aromatic rings. The molecule has 34 heavy (non-hydrogen) atoms. The first-order chi connectivity index (χ1) is 16.3. The number of hydrogen-bond donors (Lipinski definition) is 3. The van der Waals surface area contributed by atoms with Crippen LogP contribution in [0.25, 0.3) is 0 Å². The number of benzene rings is 2. The molecule has 178 valence electrons. The van der Waals surface area contributed by atoms with E-state index >= 15 is 0 Å². The van der Waals surface area contributed by atoms with Gasteiger partial charge in [-0.3, -0.25) is 9.59 Å². The average Bonchev–Trinajstić information content (AvgIpc) is 2.84. The van der Waals surface area contributed by atoms with E-state index in [1.165, 1.54) is 32.5 Å². The Hall–Kier alpha value is -4.14. The summed E-state index contributed by atoms with van der Waals surface area (Å²) in [5, 5.41) is 14.6. The molecule has 0 saturated carbocycles. The van der Waals surface area contributed by atoms with Crippen LogP contribution in [-0.4, -0.2) is 36.1 Å². The molecule has 9 heteroatoms. The zero-order chi connectivity index (χ0) is 24.7. The molecule has 1 heterocycles. The molecular weight excluding hydrogens is 441 g/mol. The van der Waals surface area contributed by atoms with Crippen LogP contribution < -0.4 is 20.1 Å². The van der Waals surface area contributed by atoms with Crippen LogP contribution >= 0.6 is 0 Å². The van der Waals surface area contributed by atoms with Gasteiger partial charge in [-0.25, -0.2) is 9.37 Å². The Labute approximate surface area is 196 Å². The lowest BCUT2D eigenvalue weighted by Gasteiger charge is -2.14. The van der Waals surface area contributed by atoms with Crippen molar-refractivity contribution >= 4 is 23.4 Å². The van der Waals surface area contributed by atoms with E-state index in [9.17, 15) is 14.0 Å². The third-order valence-corrected chi connectivity index (χ3v) is 5.11. The molecule has 8 nitrogen and oxygen atoms in total. The van der Waals surface area contributed by atoms with Gasteiger partial charge in [-0.15, -0.1) is 0 Å². The number of carboxylic acids is 1. The van der Waals surface area contributed by atoms with Gasteiger partial charge in [0.1, 0.15) is 18.2 Å². The predicted molar refractivity (Wildman–Crippen MR) is 125 cm³/mol. The van der Waals surface area contributed by atoms with E-state index in [4.69, 9.17) is 14.6 Å². The van der Waals surface area contributed by atoms with Gasteiger partial charge in [-0.05, 0) is 47.9 Å². The number of nitrogens with zero attached hydrogens (tertiary/aromatic N) is 1. The highest BCUT2D eigenvalue weighted by Gasteiger charge is 2.16. The Bertz CT molecular complexity index is 1180. The second kappa shape index (κ2) is 11.1. The Morgan fingerprint density at radius 2 is 1.85 bits per heavy atom. The zero-order valence-electron chi connectivity index (χ0n) is 19.1. The van der Waals surface area contributed by atoms with Crippen molar-refractivity contribution in [3.05, 3.63) is 76.7 Å². The molecule has 0 aliphatic rings. The summed E-state index contributed by atoms with van der Waals surface area (Å²) in [7, 11) is 2.83. The summed E-state index contributed by atoms with van der Waals surface area (Å²) in [5.74, 6) is -0.798. The lowest BCUT2D eigenvalue weighted by Crippen LogP contribution is -2.18. The standard InChI is InChI=1S/C25H26FN3O5/c1-4-16-11-20(13-28-24(16)29-19-7-5-15(6-8-19)9-22(30)31)34-14-18-10-17(25(32)27-2)12-21(33-3)23(18)26/h5-8,10-13H,4,9,14H2,1-3H3,(H,27,32)(H,28,29)(H,30,31). The minimum Gasteiger partial charge on any atom is -0.494 e. The fourth-order valence-electron chi connectivity index (χ4n) is 3.31. The SMILES string of the molecule is CCc1cc(OCc2cc(C(=O)NC)cc(OC)c2F)cnc1Nc1ccc(CC(=O)O)cc1. The maximum absolute atomic E-state index is 14.7. The molecule has 0 bridgehead atoms. The second-order valence-electron chi connectivity index (χ2n) is 7.44. The molecule has 2 aromatic carbocycles. The van der Waals surface area contributed by atoms with Gasteiger partial charge in [0.05, 0.1) is 19.7 Å². The number of nitrogens with one attached hydrogen (secondary N) is 2. The van der Waals surface area contributed by atoms with E-state index in [1.54, 1.807) is 24.3 Å². The number of carbonyl (C=O) groups is 2. The number of ether oxygens (including phenoxy) is 2. The fraction of sp³-hybridized carbons (Fsp3) is 0.240. The van der Waals surface area contributed by atoms with E-state index in [0.717, 1.165) is 11.3 Å². The van der Waals surface area contributed by atoms with E-state index < -0.39 is 11.8 Å². The van der Waals surface area contributed by atoms with Gasteiger partial charge in [0.15, 0.2) is 11.6 Å². The molecule has 0 atom stereocenters. The smallest absolute Gasteiger partial charge is 0.307 e. The first-order valence-corrected chi connectivity index (χ1v) is 10.6. The van der Waals surface area contributed by atoms with Crippen molar-refractivity contribution in [2.75, 3.05) is 19.5 Å². The molecule has 0 fully saturated rings. The van der Waals surface area contributed by atoms with E-state index in [0.29, 0.717) is 23.6 Å². The van der Waals surface area contributed by atoms with Gasteiger partial charge < -0.3 is 25.2 Å². The number of halogens is 1. The molecule has 3 N–H and O–H groups in total. The number of aryl methyl sites for hydroxylation is 1. The minimum atomic E-state index is -0.884. The third-order valence-electron chi connectivity index (χ3n) is 5.11. The van der Waals surface area contributed by atoms with Gasteiger partial charge in [-0.2, -0.15) is 0 Å². The molecule has 0 aliphatic heterocycles. The summed E-state index contributed by atoms with van der Waals surface area (Å²) >= 11 is 0. The van der Waals surface area contributed by atoms with Crippen molar-refractivity contribution in [2.24, 2.45) is 0 Å². The van der Waals surface area contributed by atoms with Crippen LogP contribution in [0.2, 0.25) is 0 Å². The van der Waals surface area contributed by atoms with E-state index in [1.807, 2.05) is 13.0 Å². The molecule has 0 unspecified atom stereocenters. The number of anilines is 2. The lowest BCUT2D eigenvalue weighted by atomic mass is 10.1. The summed E-state index contributed by atoms with van der Waals surface area (Å²) in [5.41, 5.74) is 2.80. The van der Waals surface area contributed by atoms with Crippen molar-refractivity contribution in [1.29, 1.82) is 0 Å². The van der Waals surface area contributed by atoms with Crippen LogP contribution in [0.1, 0.15) is 34.0 Å². The summed E-state index contributed by atoms with van der Waals surface area (Å²) in [6.07, 6.45) is 2.15. The second-order valence-corrected chi connectivity index (χ2v) is 7.44. The molecule has 3 rings (SSSR count). The topological polar surface area (TPSA) is 110 Å². The molecule has 0 saturated heterocycles. The van der Waals surface area contributed by atoms with Crippen LogP contribution in [0.15, 0.2) is 48.7 Å². The summed E-state index contributed by atoms with van der Waals surface area (Å²) in [6, 6.07) is 11.6. The number of carbonyl (C=O) groups excluding carboxylic acids is 1. The maximum Gasteiger partial charge on any atom is 0.307 e. The van der Waals surface area contributed by atoms with E-state index in [2.05, 4.69) is 15.6 Å². The first-order valence-electron chi connectivity index (χ1n) is 10.6. The fourth-order valence-corrected chi connectivity index (χ4v) is 3.31. The predicted octanol–water partition coefficient (Wildman–Crippen LogP) is 4.10. The van der Waals surface area contributed by atoms with Gasteiger partial charge in [0.25, 0.3) is 5.91 Å². The summed E-state index contributed by atoms with van der Waals surface area (Å²) < 4.78 is 25.5. The van der Waals surface area contributed by atoms with Gasteiger partial charge in [0, 0.05) is 23.9 Å². The van der Waals surface area contributed by atoms with Crippen LogP contribution in [0, 0.1) is 5.82 Å². The van der Waals surface area contributed by atoms with Crippen molar-refractivity contribution in [2.45, 2.75) is 26.4 Å². The lowest BCUT2D eigenvalue weighted by molar-refractivity contribution is -0.136. The highest BCUT2D eigenvalue weighted by atomic mass is 19.1. The van der Waals surface area contributed by atoms with Crippen molar-refractivity contribution < 1.29 is 28.6 Å². The molecule has 0 aliphatic carbocycles. The van der Waals surface area contributed by atoms with Crippen molar-refractivity contribution in [3.63, 3.8) is 0 Å². The highest BCUT2D eigenvalue weighted by Crippen LogP contribution is 2.27. The third kappa shape index (κ3) is 6.00. The minimum absolute atomic E-state index is 0.0384. The normalized spacial score (nSPS) is 10.5. The number of aliphatic carboxylic acids is 1. The van der Waals surface area contributed by atoms with Crippen LogP contribution in [-0.2, 0) is 24.2 Å². The zero-order valence-corrected chi connectivity index (χ0v) is 19.1. The first kappa shape index (κ1) is 24.5. The van der Waals surface area contributed by atoms with Crippen molar-refractivity contribution in [3.8, 4) is 11.5 Å². The quantitative estimate of drug-likeness (QED) is 0.412. The number of amides is 1. The number of hydrogen-bond acceptors (Lipinski definition) is 6. The number of pyridine rings is 1. The number of aromatic nitrogens is 1. The molecule has 1 aromatic heterocycles. The van der Waals surface area contributed by atoms with Gasteiger partial charge in [0.2, 0.25) is 0 Å². The van der Waals surface area contributed by atoms with Crippen LogP contribution in [0.5, 0.6) is 11.5 Å². The van der Waals surface area contributed by atoms with Crippen LogP contribution in [0.3, 0.4) is 0 Å². The molecule has 0 spiro atoms. The Kier molecular flexibility index (Phi) is 8.02. The number of rotatable bonds is 10. The molecular formula is C25H26FN3O5. The number of carboxylic acid groups (broad SMARTS) is 1. The Balaban J connectivity index is 1.75. The van der Waals surface area contributed by atoms with Crippen LogP contribution in [0.4, 0.5) is 15.9 Å². The largest absolute Gasteiger partial charge is 0.494 e. The Morgan fingerprint density at radius 1 is 1.12 bits per heavy atom. The van der Waals surface area contributed by atoms with Gasteiger partial charge in [-0.1, -0.05) is 19.1 Å². The van der Waals surface area contributed by atoms with Gasteiger partial charge >= 0.3 is 5.97 Å².